The van der Waals surface area contributed by atoms with Crippen LogP contribution in [0.5, 0.6) is 0 Å². The Morgan fingerprint density at radius 3 is 2.46 bits per heavy atom. The standard InChI is InChI=1S/C21H24BNO.C2H6/c1-5-10-21(22,6-2)17-9-11-23-18(13-17)19-14(3)7-8-16-12-15(4)24-20(16)19;1-2/h7-9,11-13H,5-6,10H2,1-4H3;1-2H3. The van der Waals surface area contributed by atoms with E-state index in [9.17, 15) is 0 Å². The lowest BCUT2D eigenvalue weighted by Gasteiger charge is -2.29. The largest absolute Gasteiger partial charge is 0.461 e. The molecule has 0 N–H and O–H groups in total. The van der Waals surface area contributed by atoms with Gasteiger partial charge in [-0.3, -0.25) is 4.98 Å². The topological polar surface area (TPSA) is 26.0 Å². The quantitative estimate of drug-likeness (QED) is 0.479. The molecule has 1 atom stereocenters. The molecule has 0 aliphatic rings. The zero-order valence-electron chi connectivity index (χ0n) is 17.0. The molecule has 0 aliphatic heterocycles. The average molecular weight is 347 g/mol. The molecular formula is C23H30BNO. The molecule has 1 aromatic carbocycles. The van der Waals surface area contributed by atoms with E-state index in [0.29, 0.717) is 0 Å². The summed E-state index contributed by atoms with van der Waals surface area (Å²) in [7, 11) is 6.68. The molecule has 2 heterocycles. The van der Waals surface area contributed by atoms with E-state index in [4.69, 9.17) is 12.3 Å². The molecule has 2 radical (unpaired) electrons. The SMILES string of the molecule is CC.[B]C(CC)(CCC)c1ccnc(-c2c(C)ccc3cc(C)oc23)c1. The van der Waals surface area contributed by atoms with E-state index >= 15 is 0 Å². The summed E-state index contributed by atoms with van der Waals surface area (Å²) in [6.45, 7) is 12.4. The summed E-state index contributed by atoms with van der Waals surface area (Å²) in [5.41, 5.74) is 5.22. The van der Waals surface area contributed by atoms with Crippen LogP contribution < -0.4 is 0 Å². The van der Waals surface area contributed by atoms with Crippen LogP contribution in [0, 0.1) is 13.8 Å². The fourth-order valence-corrected chi connectivity index (χ4v) is 3.50. The first kappa shape index (κ1) is 20.3. The summed E-state index contributed by atoms with van der Waals surface area (Å²) >= 11 is 0. The van der Waals surface area contributed by atoms with Crippen molar-refractivity contribution in [2.45, 2.75) is 66.1 Å². The third-order valence-electron chi connectivity index (χ3n) is 4.94. The molecule has 0 saturated carbocycles. The maximum absolute atomic E-state index is 6.68. The first-order chi connectivity index (χ1) is 12.5. The van der Waals surface area contributed by atoms with E-state index in [2.05, 4.69) is 50.0 Å². The number of fused-ring (bicyclic) bond motifs is 1. The van der Waals surface area contributed by atoms with Crippen LogP contribution in [-0.2, 0) is 5.31 Å². The number of aromatic nitrogens is 1. The Balaban J connectivity index is 0.00000117. The summed E-state index contributed by atoms with van der Waals surface area (Å²) in [6.07, 6.45) is 4.81. The van der Waals surface area contributed by atoms with Gasteiger partial charge in [0.2, 0.25) is 0 Å². The summed E-state index contributed by atoms with van der Waals surface area (Å²) in [4.78, 5) is 4.62. The van der Waals surface area contributed by atoms with E-state index in [1.807, 2.05) is 33.0 Å². The highest BCUT2D eigenvalue weighted by Gasteiger charge is 2.24. The molecule has 0 amide bonds. The van der Waals surface area contributed by atoms with Crippen LogP contribution >= 0.6 is 0 Å². The maximum Gasteiger partial charge on any atom is 0.143 e. The second-order valence-electron chi connectivity index (χ2n) is 6.72. The van der Waals surface area contributed by atoms with Crippen LogP contribution in [0.15, 0.2) is 40.9 Å². The van der Waals surface area contributed by atoms with Crippen molar-refractivity contribution in [2.75, 3.05) is 0 Å². The zero-order valence-corrected chi connectivity index (χ0v) is 17.0. The van der Waals surface area contributed by atoms with Gasteiger partial charge in [0.15, 0.2) is 0 Å². The second-order valence-corrected chi connectivity index (χ2v) is 6.72. The summed E-state index contributed by atoms with van der Waals surface area (Å²) in [5, 5.41) is 0.816. The Morgan fingerprint density at radius 1 is 1.08 bits per heavy atom. The molecule has 3 rings (SSSR count). The van der Waals surface area contributed by atoms with E-state index in [1.165, 1.54) is 0 Å². The minimum atomic E-state index is -0.298. The van der Waals surface area contributed by atoms with Crippen molar-refractivity contribution >= 4 is 18.8 Å². The van der Waals surface area contributed by atoms with Gasteiger partial charge in [0, 0.05) is 17.1 Å². The van der Waals surface area contributed by atoms with Crippen LogP contribution in [0.25, 0.3) is 22.2 Å². The van der Waals surface area contributed by atoms with Gasteiger partial charge in [-0.1, -0.05) is 59.1 Å². The number of benzene rings is 1. The first-order valence-corrected chi connectivity index (χ1v) is 9.74. The lowest BCUT2D eigenvalue weighted by molar-refractivity contribution is 0.527. The van der Waals surface area contributed by atoms with Crippen molar-refractivity contribution in [2.24, 2.45) is 0 Å². The van der Waals surface area contributed by atoms with Crippen molar-refractivity contribution in [1.29, 1.82) is 0 Å². The molecule has 136 valence electrons. The molecule has 26 heavy (non-hydrogen) atoms. The van der Waals surface area contributed by atoms with Crippen LogP contribution in [0.2, 0.25) is 0 Å². The Morgan fingerprint density at radius 2 is 1.81 bits per heavy atom. The van der Waals surface area contributed by atoms with Gasteiger partial charge in [0.25, 0.3) is 0 Å². The van der Waals surface area contributed by atoms with Crippen LogP contribution in [0.3, 0.4) is 0 Å². The maximum atomic E-state index is 6.68. The summed E-state index contributed by atoms with van der Waals surface area (Å²) < 4.78 is 5.96. The molecule has 0 aliphatic carbocycles. The van der Waals surface area contributed by atoms with Gasteiger partial charge >= 0.3 is 0 Å². The Kier molecular flexibility index (Phi) is 6.69. The lowest BCUT2D eigenvalue weighted by atomic mass is 9.60. The molecule has 3 aromatic rings. The van der Waals surface area contributed by atoms with Gasteiger partial charge in [-0.25, -0.2) is 0 Å². The van der Waals surface area contributed by atoms with E-state index in [1.54, 1.807) is 0 Å². The Hall–Kier alpha value is -2.03. The van der Waals surface area contributed by atoms with Crippen molar-refractivity contribution in [3.05, 3.63) is 53.4 Å². The Labute approximate surface area is 159 Å². The highest BCUT2D eigenvalue weighted by atomic mass is 16.3. The molecule has 0 saturated heterocycles. The number of hydrogen-bond donors (Lipinski definition) is 0. The smallest absolute Gasteiger partial charge is 0.143 e. The van der Waals surface area contributed by atoms with Gasteiger partial charge in [0.05, 0.1) is 13.5 Å². The van der Waals surface area contributed by atoms with Gasteiger partial charge in [-0.15, -0.1) is 0 Å². The average Bonchev–Trinajstić information content (AvgIpc) is 3.03. The normalized spacial score (nSPS) is 13.2. The monoisotopic (exact) mass is 347 g/mol. The number of rotatable bonds is 5. The molecule has 2 aromatic heterocycles. The predicted molar refractivity (Wildman–Crippen MR) is 113 cm³/mol. The zero-order chi connectivity index (χ0) is 19.3. The molecule has 0 spiro atoms. The second kappa shape index (κ2) is 8.57. The molecular weight excluding hydrogens is 317 g/mol. The van der Waals surface area contributed by atoms with Crippen molar-refractivity contribution in [3.63, 3.8) is 0 Å². The highest BCUT2D eigenvalue weighted by molar-refractivity contribution is 6.16. The summed E-state index contributed by atoms with van der Waals surface area (Å²) in [5.74, 6) is 0.917. The highest BCUT2D eigenvalue weighted by Crippen LogP contribution is 2.36. The molecule has 3 heteroatoms. The van der Waals surface area contributed by atoms with Gasteiger partial charge in [0.1, 0.15) is 11.3 Å². The van der Waals surface area contributed by atoms with Crippen LogP contribution in [-0.4, -0.2) is 12.8 Å². The fourth-order valence-electron chi connectivity index (χ4n) is 3.50. The number of aryl methyl sites for hydroxylation is 2. The predicted octanol–water partition coefficient (Wildman–Crippen LogP) is 6.71. The minimum Gasteiger partial charge on any atom is -0.461 e. The van der Waals surface area contributed by atoms with Crippen molar-refractivity contribution < 1.29 is 4.42 Å². The third kappa shape index (κ3) is 3.87. The van der Waals surface area contributed by atoms with Gasteiger partial charge in [-0.2, -0.15) is 0 Å². The van der Waals surface area contributed by atoms with Crippen molar-refractivity contribution in [1.82, 2.24) is 4.98 Å². The number of pyridine rings is 1. The van der Waals surface area contributed by atoms with Crippen molar-refractivity contribution in [3.8, 4) is 11.3 Å². The molecule has 0 bridgehead atoms. The fraction of sp³-hybridized carbons (Fsp3) is 0.435. The molecule has 1 unspecified atom stereocenters. The number of nitrogens with zero attached hydrogens (tertiary/aromatic N) is 1. The Bertz CT molecular complexity index is 868. The third-order valence-corrected chi connectivity index (χ3v) is 4.94. The van der Waals surface area contributed by atoms with Crippen LogP contribution in [0.1, 0.15) is 63.8 Å². The summed E-state index contributed by atoms with van der Waals surface area (Å²) in [6, 6.07) is 10.5. The molecule has 0 fully saturated rings. The van der Waals surface area contributed by atoms with Gasteiger partial charge in [-0.05, 0) is 48.5 Å². The van der Waals surface area contributed by atoms with Gasteiger partial charge < -0.3 is 4.42 Å². The lowest BCUT2D eigenvalue weighted by Crippen LogP contribution is -2.25. The van der Waals surface area contributed by atoms with E-state index in [-0.39, 0.29) is 5.31 Å². The minimum absolute atomic E-state index is 0.298. The first-order valence-electron chi connectivity index (χ1n) is 9.74. The van der Waals surface area contributed by atoms with Crippen LogP contribution in [0.4, 0.5) is 0 Å². The molecule has 2 nitrogen and oxygen atoms in total. The number of hydrogen-bond acceptors (Lipinski definition) is 2. The van der Waals surface area contributed by atoms with E-state index in [0.717, 1.165) is 58.4 Å². The number of furan rings is 1. The van der Waals surface area contributed by atoms with E-state index < -0.39 is 0 Å².